The number of piperazine rings is 1. The SMILES string of the molecule is O=S(=O)(F)Cc1ccccc1.O=S(=O)(O)CCN1CCN(CCO)CC1. The largest absolute Gasteiger partial charge is 0.395 e. The first-order chi connectivity index (χ1) is 12.1. The highest BCUT2D eigenvalue weighted by Crippen LogP contribution is 2.05. The van der Waals surface area contributed by atoms with Crippen molar-refractivity contribution in [2.75, 3.05) is 51.6 Å². The number of β-amino-alcohol motifs (C(OH)–C–C–N with tert-alkyl or cyclic N) is 1. The van der Waals surface area contributed by atoms with Gasteiger partial charge in [-0.25, -0.2) is 0 Å². The summed E-state index contributed by atoms with van der Waals surface area (Å²) in [5, 5.41) is 8.73. The van der Waals surface area contributed by atoms with E-state index in [0.717, 1.165) is 26.2 Å². The summed E-state index contributed by atoms with van der Waals surface area (Å²) >= 11 is 0. The highest BCUT2D eigenvalue weighted by Gasteiger charge is 2.17. The van der Waals surface area contributed by atoms with Gasteiger partial charge in [-0.05, 0) is 5.56 Å². The standard InChI is InChI=1S/C8H18N2O4S.C7H7FO2S/c11-7-5-9-1-3-10(4-2-9)6-8-15(12,13)14;8-11(9,10)6-7-4-2-1-3-5-7/h11H,1-8H2,(H,12,13,14);1-5H,6H2. The molecule has 0 amide bonds. The maximum atomic E-state index is 12.0. The van der Waals surface area contributed by atoms with E-state index in [-0.39, 0.29) is 12.4 Å². The average Bonchev–Trinajstić information content (AvgIpc) is 2.54. The lowest BCUT2D eigenvalue weighted by molar-refractivity contribution is 0.116. The Balaban J connectivity index is 0.000000273. The Morgan fingerprint density at radius 1 is 0.923 bits per heavy atom. The van der Waals surface area contributed by atoms with Gasteiger partial charge in [-0.1, -0.05) is 30.3 Å². The molecule has 0 unspecified atom stereocenters. The van der Waals surface area contributed by atoms with E-state index in [2.05, 4.69) is 4.90 Å². The van der Waals surface area contributed by atoms with Crippen LogP contribution in [-0.2, 0) is 26.1 Å². The zero-order valence-corrected chi connectivity index (χ0v) is 16.0. The van der Waals surface area contributed by atoms with Gasteiger partial charge in [0.2, 0.25) is 0 Å². The number of rotatable bonds is 7. The number of aliphatic hydroxyl groups excluding tert-OH is 1. The molecule has 0 saturated carbocycles. The van der Waals surface area contributed by atoms with Crippen LogP contribution in [0.15, 0.2) is 30.3 Å². The van der Waals surface area contributed by atoms with Gasteiger partial charge in [-0.2, -0.15) is 16.8 Å². The van der Waals surface area contributed by atoms with E-state index < -0.39 is 26.1 Å². The van der Waals surface area contributed by atoms with E-state index in [1.54, 1.807) is 30.3 Å². The summed E-state index contributed by atoms with van der Waals surface area (Å²) in [6.07, 6.45) is 0. The molecule has 11 heteroatoms. The van der Waals surface area contributed by atoms with Crippen LogP contribution in [0.4, 0.5) is 3.89 Å². The fraction of sp³-hybridized carbons (Fsp3) is 0.600. The lowest BCUT2D eigenvalue weighted by atomic mass is 10.2. The summed E-state index contributed by atoms with van der Waals surface area (Å²) in [6, 6.07) is 8.21. The third-order valence-corrected chi connectivity index (χ3v) is 5.11. The van der Waals surface area contributed by atoms with Gasteiger partial charge < -0.3 is 5.11 Å². The Morgan fingerprint density at radius 2 is 1.42 bits per heavy atom. The van der Waals surface area contributed by atoms with Crippen molar-refractivity contribution >= 4 is 20.3 Å². The van der Waals surface area contributed by atoms with Crippen molar-refractivity contribution in [3.63, 3.8) is 0 Å². The van der Waals surface area contributed by atoms with Crippen molar-refractivity contribution in [2.45, 2.75) is 5.75 Å². The second-order valence-corrected chi connectivity index (χ2v) is 8.80. The smallest absolute Gasteiger partial charge is 0.306 e. The van der Waals surface area contributed by atoms with Crippen molar-refractivity contribution in [3.05, 3.63) is 35.9 Å². The van der Waals surface area contributed by atoms with Gasteiger partial charge in [0.05, 0.1) is 12.4 Å². The predicted molar refractivity (Wildman–Crippen MR) is 96.6 cm³/mol. The van der Waals surface area contributed by atoms with Crippen LogP contribution in [0.1, 0.15) is 5.56 Å². The highest BCUT2D eigenvalue weighted by molar-refractivity contribution is 7.85. The predicted octanol–water partition coefficient (Wildman–Crippen LogP) is -0.0300. The number of hydrogen-bond acceptors (Lipinski definition) is 7. The lowest BCUT2D eigenvalue weighted by Gasteiger charge is -2.33. The maximum Gasteiger partial charge on any atom is 0.306 e. The zero-order valence-electron chi connectivity index (χ0n) is 14.4. The quantitative estimate of drug-likeness (QED) is 0.474. The summed E-state index contributed by atoms with van der Waals surface area (Å²) in [5.74, 6) is -0.735. The molecular weight excluding hydrogens is 387 g/mol. The minimum atomic E-state index is -4.38. The van der Waals surface area contributed by atoms with E-state index >= 15 is 0 Å². The molecule has 0 aliphatic carbocycles. The summed E-state index contributed by atoms with van der Waals surface area (Å²) < 4.78 is 62.0. The van der Waals surface area contributed by atoms with Crippen molar-refractivity contribution in [3.8, 4) is 0 Å². The summed E-state index contributed by atoms with van der Waals surface area (Å²) in [6.45, 7) is 4.46. The maximum absolute atomic E-state index is 12.0. The minimum absolute atomic E-state index is 0.158. The van der Waals surface area contributed by atoms with E-state index in [9.17, 15) is 20.7 Å². The second-order valence-electron chi connectivity index (χ2n) is 5.86. The van der Waals surface area contributed by atoms with Crippen LogP contribution >= 0.6 is 0 Å². The second kappa shape index (κ2) is 10.9. The first-order valence-electron chi connectivity index (χ1n) is 8.06. The van der Waals surface area contributed by atoms with Crippen LogP contribution in [0.5, 0.6) is 0 Å². The van der Waals surface area contributed by atoms with Crippen LogP contribution in [0.2, 0.25) is 0 Å². The molecule has 0 atom stereocenters. The average molecular weight is 413 g/mol. The summed E-state index contributed by atoms with van der Waals surface area (Å²) in [7, 11) is -8.22. The molecule has 1 saturated heterocycles. The fourth-order valence-electron chi connectivity index (χ4n) is 2.40. The van der Waals surface area contributed by atoms with Gasteiger partial charge in [0.25, 0.3) is 10.1 Å². The molecule has 0 spiro atoms. The molecule has 2 rings (SSSR count). The van der Waals surface area contributed by atoms with Crippen LogP contribution in [-0.4, -0.2) is 87.9 Å². The van der Waals surface area contributed by atoms with Gasteiger partial charge in [-0.15, -0.1) is 3.89 Å². The molecule has 1 heterocycles. The molecule has 0 aromatic heterocycles. The third kappa shape index (κ3) is 11.5. The van der Waals surface area contributed by atoms with Gasteiger partial charge in [0.15, 0.2) is 0 Å². The zero-order chi connectivity index (χ0) is 19.6. The van der Waals surface area contributed by atoms with Gasteiger partial charge >= 0.3 is 10.2 Å². The Hall–Kier alpha value is -1.11. The lowest BCUT2D eigenvalue weighted by Crippen LogP contribution is -2.48. The van der Waals surface area contributed by atoms with Gasteiger partial charge in [0.1, 0.15) is 5.75 Å². The van der Waals surface area contributed by atoms with Crippen LogP contribution in [0.3, 0.4) is 0 Å². The number of nitrogens with zero attached hydrogens (tertiary/aromatic N) is 2. The molecule has 1 aromatic carbocycles. The van der Waals surface area contributed by atoms with Crippen molar-refractivity contribution in [1.82, 2.24) is 9.80 Å². The van der Waals surface area contributed by atoms with Crippen LogP contribution in [0, 0.1) is 0 Å². The fourth-order valence-corrected chi connectivity index (χ4v) is 3.48. The molecule has 1 fully saturated rings. The number of hydrogen-bond donors (Lipinski definition) is 2. The molecule has 150 valence electrons. The molecule has 2 N–H and O–H groups in total. The number of aliphatic hydroxyl groups is 1. The molecule has 0 radical (unpaired) electrons. The monoisotopic (exact) mass is 412 g/mol. The minimum Gasteiger partial charge on any atom is -0.395 e. The normalized spacial score (nSPS) is 16.7. The van der Waals surface area contributed by atoms with E-state index in [1.165, 1.54) is 0 Å². The van der Waals surface area contributed by atoms with Crippen molar-refractivity contribution in [1.29, 1.82) is 0 Å². The van der Waals surface area contributed by atoms with E-state index in [0.29, 0.717) is 18.7 Å². The van der Waals surface area contributed by atoms with Crippen LogP contribution in [0.25, 0.3) is 0 Å². The number of benzene rings is 1. The molecule has 1 aliphatic rings. The molecular formula is C15H25FN2O6S2. The highest BCUT2D eigenvalue weighted by atomic mass is 32.3. The van der Waals surface area contributed by atoms with Crippen molar-refractivity contribution < 1.29 is 30.4 Å². The first kappa shape index (κ1) is 22.9. The molecule has 1 aliphatic heterocycles. The van der Waals surface area contributed by atoms with E-state index in [1.807, 2.05) is 4.90 Å². The Bertz CT molecular complexity index is 720. The molecule has 26 heavy (non-hydrogen) atoms. The van der Waals surface area contributed by atoms with Gasteiger partial charge in [-0.3, -0.25) is 14.4 Å². The van der Waals surface area contributed by atoms with Crippen molar-refractivity contribution in [2.24, 2.45) is 0 Å². The Kier molecular flexibility index (Phi) is 9.61. The topological polar surface area (TPSA) is 115 Å². The molecule has 1 aromatic rings. The first-order valence-corrected chi connectivity index (χ1v) is 11.2. The molecule has 0 bridgehead atoms. The third-order valence-electron chi connectivity index (χ3n) is 3.73. The summed E-state index contributed by atoms with van der Waals surface area (Å²) in [4.78, 5) is 4.13. The number of halogens is 1. The van der Waals surface area contributed by atoms with E-state index in [4.69, 9.17) is 9.66 Å². The summed E-state index contributed by atoms with van der Waals surface area (Å²) in [5.41, 5.74) is 0.468. The Labute approximate surface area is 154 Å². The van der Waals surface area contributed by atoms with Gasteiger partial charge in [0, 0.05) is 39.3 Å². The Morgan fingerprint density at radius 3 is 1.85 bits per heavy atom. The van der Waals surface area contributed by atoms with Crippen LogP contribution < -0.4 is 0 Å². The molecule has 8 nitrogen and oxygen atoms in total.